The first-order valence-electron chi connectivity index (χ1n) is 8.59. The fourth-order valence-corrected chi connectivity index (χ4v) is 3.54. The van der Waals surface area contributed by atoms with E-state index in [4.69, 9.17) is 4.74 Å². The number of amides is 3. The van der Waals surface area contributed by atoms with Crippen LogP contribution in [0.2, 0.25) is 0 Å². The number of fused-ring (bicyclic) bond motifs is 1. The number of ether oxygens (including phenoxy) is 1. The molecule has 3 heterocycles. The van der Waals surface area contributed by atoms with E-state index in [9.17, 15) is 9.59 Å². The predicted molar refractivity (Wildman–Crippen MR) is 94.1 cm³/mol. The molecule has 0 N–H and O–H groups in total. The van der Waals surface area contributed by atoms with E-state index in [2.05, 4.69) is 5.10 Å². The monoisotopic (exact) mass is 355 g/mol. The molecular formula is C18H21N5O3. The normalized spacial score (nSPS) is 19.7. The lowest BCUT2D eigenvalue weighted by Gasteiger charge is -2.36. The molecule has 2 aliphatic rings. The zero-order chi connectivity index (χ0) is 18.3. The summed E-state index contributed by atoms with van der Waals surface area (Å²) >= 11 is 0. The van der Waals surface area contributed by atoms with Gasteiger partial charge in [-0.3, -0.25) is 9.48 Å². The Hall–Kier alpha value is -3.03. The van der Waals surface area contributed by atoms with Gasteiger partial charge in [0.15, 0.2) is 5.75 Å². The molecule has 0 spiro atoms. The van der Waals surface area contributed by atoms with Crippen molar-refractivity contribution in [2.45, 2.75) is 6.04 Å². The summed E-state index contributed by atoms with van der Waals surface area (Å²) in [5, 5.41) is 4.08. The van der Waals surface area contributed by atoms with Crippen LogP contribution >= 0.6 is 0 Å². The molecule has 2 aromatic rings. The van der Waals surface area contributed by atoms with Gasteiger partial charge < -0.3 is 19.4 Å². The highest BCUT2D eigenvalue weighted by molar-refractivity contribution is 5.97. The molecule has 1 unspecified atom stereocenters. The van der Waals surface area contributed by atoms with Gasteiger partial charge >= 0.3 is 6.03 Å². The number of carbonyl (C=O) groups is 2. The van der Waals surface area contributed by atoms with E-state index in [0.29, 0.717) is 43.2 Å². The number of aryl methyl sites for hydroxylation is 1. The Morgan fingerprint density at radius 2 is 2.00 bits per heavy atom. The summed E-state index contributed by atoms with van der Waals surface area (Å²) in [6.45, 7) is 2.27. The number of para-hydroxylation sites is 1. The van der Waals surface area contributed by atoms with Crippen LogP contribution in [-0.4, -0.2) is 75.7 Å². The molecule has 0 bridgehead atoms. The molecule has 26 heavy (non-hydrogen) atoms. The van der Waals surface area contributed by atoms with E-state index < -0.39 is 0 Å². The average molecular weight is 355 g/mol. The van der Waals surface area contributed by atoms with Gasteiger partial charge in [-0.1, -0.05) is 12.1 Å². The summed E-state index contributed by atoms with van der Waals surface area (Å²) in [6.07, 6.45) is 3.36. The van der Waals surface area contributed by atoms with Crippen molar-refractivity contribution in [1.82, 2.24) is 24.5 Å². The number of rotatable bonds is 3. The summed E-state index contributed by atoms with van der Waals surface area (Å²) in [5.74, 6) is 1.01. The average Bonchev–Trinajstić information content (AvgIpc) is 3.17. The lowest BCUT2D eigenvalue weighted by Crippen LogP contribution is -2.53. The van der Waals surface area contributed by atoms with Crippen LogP contribution in [0.3, 0.4) is 0 Å². The van der Waals surface area contributed by atoms with Gasteiger partial charge in [0.2, 0.25) is 0 Å². The molecule has 1 atom stereocenters. The Labute approximate surface area is 151 Å². The van der Waals surface area contributed by atoms with Crippen molar-refractivity contribution in [3.05, 3.63) is 42.2 Å². The van der Waals surface area contributed by atoms with E-state index in [1.165, 1.54) is 0 Å². The van der Waals surface area contributed by atoms with E-state index in [1.54, 1.807) is 46.1 Å². The van der Waals surface area contributed by atoms with Crippen LogP contribution in [0.4, 0.5) is 4.79 Å². The van der Waals surface area contributed by atoms with Crippen LogP contribution in [0.1, 0.15) is 10.4 Å². The Kier molecular flexibility index (Phi) is 4.02. The molecule has 3 amide bonds. The van der Waals surface area contributed by atoms with Crippen LogP contribution in [0.25, 0.3) is 0 Å². The SMILES string of the molecule is CN1CC2CN(C(=O)c3ccccc3Oc3cnn(C)c3)CCN2C1=O. The number of nitrogens with zero attached hydrogens (tertiary/aromatic N) is 5. The number of hydrogen-bond acceptors (Lipinski definition) is 4. The minimum atomic E-state index is -0.0776. The summed E-state index contributed by atoms with van der Waals surface area (Å²) in [7, 11) is 3.60. The van der Waals surface area contributed by atoms with Gasteiger partial charge in [-0.25, -0.2) is 4.79 Å². The zero-order valence-electron chi connectivity index (χ0n) is 14.8. The number of likely N-dealkylation sites (N-methyl/N-ethyl adjacent to an activating group) is 1. The van der Waals surface area contributed by atoms with Crippen LogP contribution in [-0.2, 0) is 7.05 Å². The topological polar surface area (TPSA) is 70.9 Å². The highest BCUT2D eigenvalue weighted by Gasteiger charge is 2.40. The summed E-state index contributed by atoms with van der Waals surface area (Å²) in [6, 6.07) is 7.31. The van der Waals surface area contributed by atoms with Gasteiger partial charge in [0, 0.05) is 40.3 Å². The summed E-state index contributed by atoms with van der Waals surface area (Å²) in [4.78, 5) is 30.5. The second-order valence-corrected chi connectivity index (χ2v) is 6.71. The predicted octanol–water partition coefficient (Wildman–Crippen LogP) is 1.40. The van der Waals surface area contributed by atoms with Crippen molar-refractivity contribution in [3.8, 4) is 11.5 Å². The maximum atomic E-state index is 13.1. The number of carbonyl (C=O) groups excluding carboxylic acids is 2. The van der Waals surface area contributed by atoms with Crippen molar-refractivity contribution < 1.29 is 14.3 Å². The van der Waals surface area contributed by atoms with Crippen molar-refractivity contribution in [3.63, 3.8) is 0 Å². The molecule has 0 aliphatic carbocycles. The van der Waals surface area contributed by atoms with Crippen molar-refractivity contribution in [2.24, 2.45) is 7.05 Å². The molecule has 4 rings (SSSR count). The number of aromatic nitrogens is 2. The standard InChI is InChI=1S/C18H21N5O3/c1-20-10-13-11-22(7-8-23(13)18(20)25)17(24)15-5-3-4-6-16(15)26-14-9-19-21(2)12-14/h3-6,9,12-13H,7-8,10-11H2,1-2H3. The molecular weight excluding hydrogens is 334 g/mol. The molecule has 136 valence electrons. The first-order valence-corrected chi connectivity index (χ1v) is 8.59. The molecule has 2 fully saturated rings. The molecule has 2 aliphatic heterocycles. The number of urea groups is 1. The van der Waals surface area contributed by atoms with E-state index >= 15 is 0 Å². The van der Waals surface area contributed by atoms with Gasteiger partial charge in [0.05, 0.1) is 24.0 Å². The van der Waals surface area contributed by atoms with Gasteiger partial charge in [-0.05, 0) is 12.1 Å². The smallest absolute Gasteiger partial charge is 0.320 e. The first kappa shape index (κ1) is 16.4. The van der Waals surface area contributed by atoms with Gasteiger partial charge in [-0.15, -0.1) is 0 Å². The van der Waals surface area contributed by atoms with E-state index in [0.717, 1.165) is 0 Å². The Morgan fingerprint density at radius 1 is 1.19 bits per heavy atom. The third-order valence-electron chi connectivity index (χ3n) is 4.85. The highest BCUT2D eigenvalue weighted by atomic mass is 16.5. The molecule has 8 nitrogen and oxygen atoms in total. The lowest BCUT2D eigenvalue weighted by atomic mass is 10.1. The lowest BCUT2D eigenvalue weighted by molar-refractivity contribution is 0.0614. The van der Waals surface area contributed by atoms with Crippen LogP contribution in [0.15, 0.2) is 36.7 Å². The minimum Gasteiger partial charge on any atom is -0.453 e. The first-order chi connectivity index (χ1) is 12.5. The Balaban J connectivity index is 1.53. The van der Waals surface area contributed by atoms with Crippen molar-refractivity contribution >= 4 is 11.9 Å². The molecule has 2 saturated heterocycles. The van der Waals surface area contributed by atoms with Crippen LogP contribution in [0, 0.1) is 0 Å². The number of piperazine rings is 1. The molecule has 1 aromatic heterocycles. The Bertz CT molecular complexity index is 849. The van der Waals surface area contributed by atoms with Crippen LogP contribution in [0.5, 0.6) is 11.5 Å². The minimum absolute atomic E-state index is 0.0439. The van der Waals surface area contributed by atoms with Crippen LogP contribution < -0.4 is 4.74 Å². The fourth-order valence-electron chi connectivity index (χ4n) is 3.54. The second kappa shape index (κ2) is 6.36. The third kappa shape index (κ3) is 2.87. The van der Waals surface area contributed by atoms with Gasteiger partial charge in [-0.2, -0.15) is 5.10 Å². The van der Waals surface area contributed by atoms with Crippen molar-refractivity contribution in [2.75, 3.05) is 33.2 Å². The molecule has 1 aromatic carbocycles. The van der Waals surface area contributed by atoms with Gasteiger partial charge in [0.25, 0.3) is 5.91 Å². The fraction of sp³-hybridized carbons (Fsp3) is 0.389. The number of benzene rings is 1. The summed E-state index contributed by atoms with van der Waals surface area (Å²) in [5.41, 5.74) is 0.516. The van der Waals surface area contributed by atoms with E-state index in [1.807, 2.05) is 24.1 Å². The maximum Gasteiger partial charge on any atom is 0.320 e. The highest BCUT2D eigenvalue weighted by Crippen LogP contribution is 2.27. The maximum absolute atomic E-state index is 13.1. The molecule has 8 heteroatoms. The molecule has 0 saturated carbocycles. The molecule has 0 radical (unpaired) electrons. The van der Waals surface area contributed by atoms with Gasteiger partial charge in [0.1, 0.15) is 5.75 Å². The zero-order valence-corrected chi connectivity index (χ0v) is 14.8. The summed E-state index contributed by atoms with van der Waals surface area (Å²) < 4.78 is 7.50. The second-order valence-electron chi connectivity index (χ2n) is 6.71. The quantitative estimate of drug-likeness (QED) is 0.835. The Morgan fingerprint density at radius 3 is 2.77 bits per heavy atom. The largest absolute Gasteiger partial charge is 0.453 e. The van der Waals surface area contributed by atoms with Crippen molar-refractivity contribution in [1.29, 1.82) is 0 Å². The third-order valence-corrected chi connectivity index (χ3v) is 4.85. The number of hydrogen-bond donors (Lipinski definition) is 0. The van der Waals surface area contributed by atoms with E-state index in [-0.39, 0.29) is 18.0 Å².